The highest BCUT2D eigenvalue weighted by Gasteiger charge is 2.27. The third-order valence-corrected chi connectivity index (χ3v) is 7.22. The normalized spacial score (nSPS) is 16.6. The lowest BCUT2D eigenvalue weighted by molar-refractivity contribution is 0.376. The summed E-state index contributed by atoms with van der Waals surface area (Å²) in [6.45, 7) is 7.89. The summed E-state index contributed by atoms with van der Waals surface area (Å²) in [6.07, 6.45) is 4.41. The van der Waals surface area contributed by atoms with E-state index in [9.17, 15) is 4.79 Å². The Morgan fingerprint density at radius 1 is 1.23 bits per heavy atom. The van der Waals surface area contributed by atoms with Crippen molar-refractivity contribution in [1.29, 1.82) is 0 Å². The summed E-state index contributed by atoms with van der Waals surface area (Å²) in [5, 5.41) is 5.36. The molecule has 0 aromatic carbocycles. The summed E-state index contributed by atoms with van der Waals surface area (Å²) in [6, 6.07) is 0.234. The average molecular weight is 391 g/mol. The maximum Gasteiger partial charge on any atom is 0.263 e. The molecule has 0 amide bonds. The molecule has 1 fully saturated rings. The molecule has 0 bridgehead atoms. The number of aromatic nitrogens is 4. The van der Waals surface area contributed by atoms with Gasteiger partial charge in [0.25, 0.3) is 5.56 Å². The quantitative estimate of drug-likeness (QED) is 0.473. The first-order valence-electron chi connectivity index (χ1n) is 8.94. The first-order valence-corrected chi connectivity index (χ1v) is 10.6. The van der Waals surface area contributed by atoms with Gasteiger partial charge in [-0.3, -0.25) is 9.36 Å². The number of thioether (sulfide) groups is 1. The molecule has 3 aromatic rings. The zero-order chi connectivity index (χ0) is 18.4. The van der Waals surface area contributed by atoms with Gasteiger partial charge in [-0.1, -0.05) is 29.8 Å². The summed E-state index contributed by atoms with van der Waals surface area (Å²) in [5.74, 6) is 1.19. The largest absolute Gasteiger partial charge is 0.338 e. The molecule has 3 aromatic heterocycles. The Balaban J connectivity index is 1.83. The molecule has 0 spiro atoms. The van der Waals surface area contributed by atoms with Crippen molar-refractivity contribution in [1.82, 2.24) is 19.7 Å². The predicted octanol–water partition coefficient (Wildman–Crippen LogP) is 4.73. The predicted molar refractivity (Wildman–Crippen MR) is 104 cm³/mol. The summed E-state index contributed by atoms with van der Waals surface area (Å²) in [4.78, 5) is 24.6. The highest BCUT2D eigenvalue weighted by Crippen LogP contribution is 2.38. The fourth-order valence-electron chi connectivity index (χ4n) is 3.54. The van der Waals surface area contributed by atoms with Crippen molar-refractivity contribution in [3.63, 3.8) is 0 Å². The highest BCUT2D eigenvalue weighted by atomic mass is 32.2. The maximum atomic E-state index is 13.4. The second-order valence-corrected chi connectivity index (χ2v) is 9.42. The Kier molecular flexibility index (Phi) is 4.64. The number of fused-ring (bicyclic) bond motifs is 1. The molecule has 1 saturated carbocycles. The SMILES string of the molecule is Cc1noc(C(C)Sc2nc3sc(C)c(C)c3c(=O)n2C2CCCC2)n1. The van der Waals surface area contributed by atoms with Gasteiger partial charge >= 0.3 is 0 Å². The number of nitrogens with zero attached hydrogens (tertiary/aromatic N) is 4. The Morgan fingerprint density at radius 2 is 1.96 bits per heavy atom. The molecule has 1 aliphatic carbocycles. The van der Waals surface area contributed by atoms with Gasteiger partial charge in [0, 0.05) is 10.9 Å². The summed E-state index contributed by atoms with van der Waals surface area (Å²) in [5.41, 5.74) is 1.16. The smallest absolute Gasteiger partial charge is 0.263 e. The monoisotopic (exact) mass is 390 g/mol. The molecule has 0 radical (unpaired) electrons. The second-order valence-electron chi connectivity index (χ2n) is 6.91. The molecule has 0 saturated heterocycles. The lowest BCUT2D eigenvalue weighted by atomic mass is 10.2. The number of hydrogen-bond acceptors (Lipinski definition) is 7. The number of rotatable bonds is 4. The third kappa shape index (κ3) is 2.99. The topological polar surface area (TPSA) is 73.8 Å². The molecule has 6 nitrogen and oxygen atoms in total. The van der Waals surface area contributed by atoms with Crippen molar-refractivity contribution in [3.05, 3.63) is 32.5 Å². The van der Waals surface area contributed by atoms with Crippen LogP contribution in [0.5, 0.6) is 0 Å². The Bertz CT molecular complexity index is 1010. The van der Waals surface area contributed by atoms with E-state index in [1.165, 1.54) is 24.6 Å². The van der Waals surface area contributed by atoms with Crippen molar-refractivity contribution < 1.29 is 4.52 Å². The lowest BCUT2D eigenvalue weighted by Crippen LogP contribution is -2.26. The van der Waals surface area contributed by atoms with Gasteiger partial charge in [-0.15, -0.1) is 11.3 Å². The Morgan fingerprint density at radius 3 is 2.62 bits per heavy atom. The van der Waals surface area contributed by atoms with Gasteiger partial charge in [-0.05, 0) is 46.1 Å². The van der Waals surface area contributed by atoms with Crippen LogP contribution in [-0.4, -0.2) is 19.7 Å². The highest BCUT2D eigenvalue weighted by molar-refractivity contribution is 7.99. The summed E-state index contributed by atoms with van der Waals surface area (Å²) < 4.78 is 7.24. The molecule has 138 valence electrons. The Hall–Kier alpha value is -1.67. The van der Waals surface area contributed by atoms with Crippen LogP contribution in [0, 0.1) is 20.8 Å². The summed E-state index contributed by atoms with van der Waals surface area (Å²) >= 11 is 3.13. The van der Waals surface area contributed by atoms with Gasteiger partial charge in [0.2, 0.25) is 5.89 Å². The number of hydrogen-bond donors (Lipinski definition) is 0. The van der Waals surface area contributed by atoms with Crippen LogP contribution in [0.2, 0.25) is 0 Å². The molecule has 4 rings (SSSR count). The van der Waals surface area contributed by atoms with Crippen molar-refractivity contribution in [3.8, 4) is 0 Å². The van der Waals surface area contributed by atoms with E-state index < -0.39 is 0 Å². The second kappa shape index (κ2) is 6.81. The minimum atomic E-state index is -0.0599. The number of thiophene rings is 1. The minimum Gasteiger partial charge on any atom is -0.338 e. The van der Waals surface area contributed by atoms with Crippen LogP contribution in [-0.2, 0) is 0 Å². The molecule has 1 aliphatic rings. The van der Waals surface area contributed by atoms with Crippen LogP contribution in [0.3, 0.4) is 0 Å². The van der Waals surface area contributed by atoms with Crippen LogP contribution in [0.1, 0.15) is 66.1 Å². The standard InChI is InChI=1S/C18H22N4O2S2/c1-9-10(2)25-16-14(9)17(23)22(13-7-5-6-8-13)18(20-16)26-11(3)15-19-12(4)21-24-15/h11,13H,5-8H2,1-4H3. The third-order valence-electron chi connectivity index (χ3n) is 5.07. The van der Waals surface area contributed by atoms with E-state index in [1.807, 2.05) is 18.4 Å². The molecule has 3 heterocycles. The van der Waals surface area contributed by atoms with E-state index in [4.69, 9.17) is 9.51 Å². The van der Waals surface area contributed by atoms with Crippen molar-refractivity contribution >= 4 is 33.3 Å². The zero-order valence-electron chi connectivity index (χ0n) is 15.4. The van der Waals surface area contributed by atoms with Crippen molar-refractivity contribution in [2.24, 2.45) is 0 Å². The zero-order valence-corrected chi connectivity index (χ0v) is 17.0. The molecule has 8 heteroatoms. The molecule has 0 N–H and O–H groups in total. The average Bonchev–Trinajstić information content (AvgIpc) is 3.30. The van der Waals surface area contributed by atoms with E-state index in [1.54, 1.807) is 18.3 Å². The van der Waals surface area contributed by atoms with E-state index in [-0.39, 0.29) is 16.9 Å². The van der Waals surface area contributed by atoms with Crippen LogP contribution >= 0.6 is 23.1 Å². The van der Waals surface area contributed by atoms with E-state index in [0.29, 0.717) is 11.7 Å². The maximum absolute atomic E-state index is 13.4. The molecule has 1 unspecified atom stereocenters. The van der Waals surface area contributed by atoms with Gasteiger partial charge in [0.1, 0.15) is 4.83 Å². The molecule has 0 aliphatic heterocycles. The minimum absolute atomic E-state index is 0.0599. The van der Waals surface area contributed by atoms with Crippen LogP contribution in [0.25, 0.3) is 10.2 Å². The molecule has 26 heavy (non-hydrogen) atoms. The van der Waals surface area contributed by atoms with Gasteiger partial charge in [-0.25, -0.2) is 4.98 Å². The first kappa shape index (κ1) is 17.7. The molecular weight excluding hydrogens is 368 g/mol. The van der Waals surface area contributed by atoms with Gasteiger partial charge < -0.3 is 4.52 Å². The van der Waals surface area contributed by atoms with Crippen molar-refractivity contribution in [2.75, 3.05) is 0 Å². The van der Waals surface area contributed by atoms with Gasteiger partial charge in [0.15, 0.2) is 11.0 Å². The van der Waals surface area contributed by atoms with Gasteiger partial charge in [0.05, 0.1) is 10.6 Å². The van der Waals surface area contributed by atoms with Crippen LogP contribution < -0.4 is 5.56 Å². The molecule has 1 atom stereocenters. The number of aryl methyl sites for hydroxylation is 3. The fourth-order valence-corrected chi connectivity index (χ4v) is 5.62. The Labute approximate surface area is 160 Å². The van der Waals surface area contributed by atoms with E-state index >= 15 is 0 Å². The van der Waals surface area contributed by atoms with Gasteiger partial charge in [-0.2, -0.15) is 4.98 Å². The molecular formula is C18H22N4O2S2. The summed E-state index contributed by atoms with van der Waals surface area (Å²) in [7, 11) is 0. The van der Waals surface area contributed by atoms with Crippen LogP contribution in [0.4, 0.5) is 0 Å². The fraction of sp³-hybridized carbons (Fsp3) is 0.556. The van der Waals surface area contributed by atoms with Crippen molar-refractivity contribution in [2.45, 2.75) is 69.8 Å². The lowest BCUT2D eigenvalue weighted by Gasteiger charge is -2.19. The van der Waals surface area contributed by atoms with E-state index in [0.717, 1.165) is 38.7 Å². The van der Waals surface area contributed by atoms with E-state index in [2.05, 4.69) is 17.1 Å². The first-order chi connectivity index (χ1) is 12.5. The van der Waals surface area contributed by atoms with Crippen LogP contribution in [0.15, 0.2) is 14.5 Å².